The molecule has 0 aliphatic carbocycles. The molecular formula is C9H18O3. The molecule has 3 heteroatoms. The van der Waals surface area contributed by atoms with Crippen LogP contribution in [-0.4, -0.2) is 25.8 Å². The predicted molar refractivity (Wildman–Crippen MR) is 45.8 cm³/mol. The van der Waals surface area contributed by atoms with E-state index in [9.17, 15) is 0 Å². The standard InChI is InChI=1S/C9H18O3/c1-3-10-8-6-5-7-9(12-8)11-4-2/h8-9H,3-7H2,1-2H3/t8-,9+. The molecule has 0 aromatic carbocycles. The highest BCUT2D eigenvalue weighted by atomic mass is 16.8. The lowest BCUT2D eigenvalue weighted by Crippen LogP contribution is -2.31. The first-order chi connectivity index (χ1) is 5.86. The van der Waals surface area contributed by atoms with Crippen molar-refractivity contribution in [2.24, 2.45) is 0 Å². The predicted octanol–water partition coefficient (Wildman–Crippen LogP) is 1.91. The maximum absolute atomic E-state index is 5.52. The largest absolute Gasteiger partial charge is 0.353 e. The number of hydrogen-bond donors (Lipinski definition) is 0. The number of hydrogen-bond acceptors (Lipinski definition) is 3. The first kappa shape index (κ1) is 9.96. The van der Waals surface area contributed by atoms with E-state index in [1.807, 2.05) is 13.8 Å². The summed E-state index contributed by atoms with van der Waals surface area (Å²) in [6, 6.07) is 0. The topological polar surface area (TPSA) is 27.7 Å². The van der Waals surface area contributed by atoms with Gasteiger partial charge in [-0.05, 0) is 33.1 Å². The highest BCUT2D eigenvalue weighted by Gasteiger charge is 2.22. The monoisotopic (exact) mass is 174 g/mol. The summed E-state index contributed by atoms with van der Waals surface area (Å²) in [6.07, 6.45) is 3.05. The molecule has 3 nitrogen and oxygen atoms in total. The minimum absolute atomic E-state index is 0.0414. The molecule has 1 heterocycles. The van der Waals surface area contributed by atoms with E-state index in [2.05, 4.69) is 0 Å². The Bertz CT molecular complexity index is 100. The lowest BCUT2D eigenvalue weighted by atomic mass is 10.2. The van der Waals surface area contributed by atoms with Crippen LogP contribution in [0.5, 0.6) is 0 Å². The Hall–Kier alpha value is -0.120. The summed E-state index contributed by atoms with van der Waals surface area (Å²) < 4.78 is 16.2. The second-order valence-corrected chi connectivity index (χ2v) is 2.84. The lowest BCUT2D eigenvalue weighted by Gasteiger charge is -2.29. The van der Waals surface area contributed by atoms with Crippen LogP contribution in [0.4, 0.5) is 0 Å². The van der Waals surface area contributed by atoms with Crippen LogP contribution in [0.15, 0.2) is 0 Å². The van der Waals surface area contributed by atoms with E-state index in [1.54, 1.807) is 0 Å². The SMILES string of the molecule is CCO[C@H]1CCC[C@@H](OCC)O1. The first-order valence-corrected chi connectivity index (χ1v) is 4.75. The molecule has 1 aliphatic heterocycles. The molecule has 0 radical (unpaired) electrons. The fraction of sp³-hybridized carbons (Fsp3) is 1.00. The molecule has 0 amide bonds. The van der Waals surface area contributed by atoms with Crippen LogP contribution in [0.2, 0.25) is 0 Å². The van der Waals surface area contributed by atoms with Gasteiger partial charge in [-0.1, -0.05) is 0 Å². The van der Waals surface area contributed by atoms with Crippen molar-refractivity contribution in [2.45, 2.75) is 45.7 Å². The number of rotatable bonds is 4. The average Bonchev–Trinajstić information content (AvgIpc) is 2.06. The summed E-state index contributed by atoms with van der Waals surface area (Å²) in [5, 5.41) is 0. The normalized spacial score (nSPS) is 30.5. The van der Waals surface area contributed by atoms with E-state index in [4.69, 9.17) is 14.2 Å². The molecule has 0 bridgehead atoms. The Morgan fingerprint density at radius 3 is 2.00 bits per heavy atom. The van der Waals surface area contributed by atoms with Gasteiger partial charge in [-0.2, -0.15) is 0 Å². The fourth-order valence-electron chi connectivity index (χ4n) is 1.37. The quantitative estimate of drug-likeness (QED) is 0.651. The summed E-state index contributed by atoms with van der Waals surface area (Å²) in [5.74, 6) is 0. The van der Waals surface area contributed by atoms with E-state index in [1.165, 1.54) is 0 Å². The van der Waals surface area contributed by atoms with Gasteiger partial charge in [0.2, 0.25) is 0 Å². The van der Waals surface area contributed by atoms with Gasteiger partial charge < -0.3 is 14.2 Å². The second-order valence-electron chi connectivity index (χ2n) is 2.84. The third-order valence-corrected chi connectivity index (χ3v) is 1.89. The molecule has 12 heavy (non-hydrogen) atoms. The van der Waals surface area contributed by atoms with Gasteiger partial charge in [0.25, 0.3) is 0 Å². The van der Waals surface area contributed by atoms with Gasteiger partial charge in [0.15, 0.2) is 12.6 Å². The third kappa shape index (κ3) is 3.09. The van der Waals surface area contributed by atoms with Crippen molar-refractivity contribution in [3.05, 3.63) is 0 Å². The first-order valence-electron chi connectivity index (χ1n) is 4.75. The van der Waals surface area contributed by atoms with Gasteiger partial charge in [0.1, 0.15) is 0 Å². The van der Waals surface area contributed by atoms with E-state index in [0.29, 0.717) is 13.2 Å². The Labute approximate surface area is 74.0 Å². The maximum atomic E-state index is 5.52. The highest BCUT2D eigenvalue weighted by molar-refractivity contribution is 4.58. The second kappa shape index (κ2) is 5.51. The molecule has 1 fully saturated rings. The zero-order chi connectivity index (χ0) is 8.81. The van der Waals surface area contributed by atoms with Crippen LogP contribution >= 0.6 is 0 Å². The molecule has 1 aliphatic rings. The Morgan fingerprint density at radius 2 is 1.58 bits per heavy atom. The van der Waals surface area contributed by atoms with E-state index >= 15 is 0 Å². The molecule has 0 aromatic rings. The Morgan fingerprint density at radius 1 is 1.08 bits per heavy atom. The van der Waals surface area contributed by atoms with Crippen molar-refractivity contribution in [1.82, 2.24) is 0 Å². The highest BCUT2D eigenvalue weighted by Crippen LogP contribution is 2.20. The third-order valence-electron chi connectivity index (χ3n) is 1.89. The van der Waals surface area contributed by atoms with Gasteiger partial charge in [0, 0.05) is 13.2 Å². The summed E-state index contributed by atoms with van der Waals surface area (Å²) in [5.41, 5.74) is 0. The minimum Gasteiger partial charge on any atom is -0.353 e. The van der Waals surface area contributed by atoms with Crippen molar-refractivity contribution in [1.29, 1.82) is 0 Å². The maximum Gasteiger partial charge on any atom is 0.160 e. The summed E-state index contributed by atoms with van der Waals surface area (Å²) in [7, 11) is 0. The van der Waals surface area contributed by atoms with Crippen molar-refractivity contribution >= 4 is 0 Å². The van der Waals surface area contributed by atoms with Gasteiger partial charge >= 0.3 is 0 Å². The van der Waals surface area contributed by atoms with Crippen LogP contribution in [0.3, 0.4) is 0 Å². The van der Waals surface area contributed by atoms with E-state index in [0.717, 1.165) is 19.3 Å². The molecule has 0 unspecified atom stereocenters. The minimum atomic E-state index is -0.0414. The molecule has 1 saturated heterocycles. The van der Waals surface area contributed by atoms with Gasteiger partial charge in [-0.15, -0.1) is 0 Å². The fourth-order valence-corrected chi connectivity index (χ4v) is 1.37. The van der Waals surface area contributed by atoms with Gasteiger partial charge in [-0.25, -0.2) is 0 Å². The zero-order valence-electron chi connectivity index (χ0n) is 7.91. The molecule has 2 atom stereocenters. The smallest absolute Gasteiger partial charge is 0.160 e. The molecule has 0 spiro atoms. The molecule has 0 saturated carbocycles. The lowest BCUT2D eigenvalue weighted by molar-refractivity contribution is -0.264. The van der Waals surface area contributed by atoms with Gasteiger partial charge in [-0.3, -0.25) is 0 Å². The number of ether oxygens (including phenoxy) is 3. The van der Waals surface area contributed by atoms with E-state index in [-0.39, 0.29) is 12.6 Å². The average molecular weight is 174 g/mol. The molecule has 0 aromatic heterocycles. The Kier molecular flexibility index (Phi) is 4.58. The van der Waals surface area contributed by atoms with Crippen LogP contribution in [0.1, 0.15) is 33.1 Å². The van der Waals surface area contributed by atoms with Crippen molar-refractivity contribution < 1.29 is 14.2 Å². The van der Waals surface area contributed by atoms with Crippen molar-refractivity contribution in [3.63, 3.8) is 0 Å². The van der Waals surface area contributed by atoms with Gasteiger partial charge in [0.05, 0.1) is 0 Å². The van der Waals surface area contributed by atoms with Crippen molar-refractivity contribution in [2.75, 3.05) is 13.2 Å². The molecule has 0 N–H and O–H groups in total. The summed E-state index contributed by atoms with van der Waals surface area (Å²) >= 11 is 0. The van der Waals surface area contributed by atoms with Crippen LogP contribution in [0, 0.1) is 0 Å². The molecule has 1 rings (SSSR count). The van der Waals surface area contributed by atoms with Crippen molar-refractivity contribution in [3.8, 4) is 0 Å². The van der Waals surface area contributed by atoms with Crippen LogP contribution in [0.25, 0.3) is 0 Å². The zero-order valence-corrected chi connectivity index (χ0v) is 7.91. The van der Waals surface area contributed by atoms with E-state index < -0.39 is 0 Å². The van der Waals surface area contributed by atoms with Crippen LogP contribution < -0.4 is 0 Å². The summed E-state index contributed by atoms with van der Waals surface area (Å²) in [6.45, 7) is 5.38. The molecule has 72 valence electrons. The summed E-state index contributed by atoms with van der Waals surface area (Å²) in [4.78, 5) is 0. The Balaban J connectivity index is 2.20. The molecular weight excluding hydrogens is 156 g/mol. The van der Waals surface area contributed by atoms with Crippen LogP contribution in [-0.2, 0) is 14.2 Å².